The van der Waals surface area contributed by atoms with E-state index in [2.05, 4.69) is 26.9 Å². The standard InChI is InChI=1S/C33H40ClN5O4/c1-33(2,31(40)41)23-18-26(19-23)42-16-15-38-11-13-39(14-12-38)30-28-9-5-22-17-25(43-20-21-3-6-24(34)7-4-21)8-10-27(22)29(28)36-32(35)37-30/h3-4,6-8,10,17,23,26H,5,9,11-16,18-20H2,1-2H3,(H,40,41)(H2,35,36,37)/t23-,26-. The molecule has 0 atom stereocenters. The van der Waals surface area contributed by atoms with Crippen molar-refractivity contribution in [3.05, 3.63) is 64.2 Å². The molecule has 43 heavy (non-hydrogen) atoms. The van der Waals surface area contributed by atoms with Crippen molar-refractivity contribution in [1.82, 2.24) is 14.9 Å². The summed E-state index contributed by atoms with van der Waals surface area (Å²) < 4.78 is 12.1. The molecular weight excluding hydrogens is 566 g/mol. The van der Waals surface area contributed by atoms with Gasteiger partial charge < -0.3 is 25.2 Å². The maximum Gasteiger partial charge on any atom is 0.309 e. The predicted molar refractivity (Wildman–Crippen MR) is 168 cm³/mol. The highest BCUT2D eigenvalue weighted by atomic mass is 35.5. The van der Waals surface area contributed by atoms with Crippen molar-refractivity contribution < 1.29 is 19.4 Å². The Kier molecular flexibility index (Phi) is 8.49. The zero-order valence-corrected chi connectivity index (χ0v) is 25.6. The maximum atomic E-state index is 11.5. The molecule has 1 aliphatic heterocycles. The smallest absolute Gasteiger partial charge is 0.309 e. The molecule has 228 valence electrons. The summed E-state index contributed by atoms with van der Waals surface area (Å²) in [7, 11) is 0. The first-order valence-electron chi connectivity index (χ1n) is 15.2. The van der Waals surface area contributed by atoms with Crippen LogP contribution in [0.4, 0.5) is 11.8 Å². The number of fused-ring (bicyclic) bond motifs is 3. The van der Waals surface area contributed by atoms with Gasteiger partial charge in [-0.05, 0) is 86.9 Å². The average molecular weight is 606 g/mol. The fourth-order valence-electron chi connectivity index (χ4n) is 6.31. The Labute approximate surface area is 258 Å². The number of anilines is 2. The molecule has 2 heterocycles. The number of nitrogens with two attached hydrogens (primary N) is 1. The van der Waals surface area contributed by atoms with Crippen molar-refractivity contribution >= 4 is 29.3 Å². The Morgan fingerprint density at radius 3 is 2.53 bits per heavy atom. The van der Waals surface area contributed by atoms with Gasteiger partial charge in [0, 0.05) is 48.9 Å². The number of halogens is 1. The van der Waals surface area contributed by atoms with Crippen LogP contribution >= 0.6 is 11.6 Å². The van der Waals surface area contributed by atoms with Crippen molar-refractivity contribution in [2.75, 3.05) is 50.0 Å². The first kappa shape index (κ1) is 29.7. The molecule has 0 radical (unpaired) electrons. The molecule has 3 aliphatic rings. The molecule has 1 saturated heterocycles. The average Bonchev–Trinajstić information content (AvgIpc) is 2.97. The van der Waals surface area contributed by atoms with Gasteiger partial charge in [-0.2, -0.15) is 4.98 Å². The lowest BCUT2D eigenvalue weighted by atomic mass is 9.66. The van der Waals surface area contributed by atoms with E-state index in [9.17, 15) is 9.90 Å². The van der Waals surface area contributed by atoms with Crippen molar-refractivity contribution in [3.63, 3.8) is 0 Å². The summed E-state index contributed by atoms with van der Waals surface area (Å²) in [6.45, 7) is 9.23. The zero-order valence-electron chi connectivity index (χ0n) is 24.9. The molecule has 0 unspecified atom stereocenters. The molecule has 1 aromatic heterocycles. The third-order valence-corrected chi connectivity index (χ3v) is 9.65. The van der Waals surface area contributed by atoms with Crippen molar-refractivity contribution in [1.29, 1.82) is 0 Å². The number of aromatic nitrogens is 2. The molecule has 0 bridgehead atoms. The van der Waals surface area contributed by atoms with E-state index >= 15 is 0 Å². The van der Waals surface area contributed by atoms with Crippen LogP contribution in [0, 0.1) is 11.3 Å². The highest BCUT2D eigenvalue weighted by molar-refractivity contribution is 6.30. The second-order valence-electron chi connectivity index (χ2n) is 12.5. The SMILES string of the molecule is CC(C)(C(=O)O)[C@H]1C[C@H](OCCN2CCN(c3nc(N)nc4c3CCc3cc(OCc5ccc(Cl)cc5)ccc3-4)CC2)C1. The number of carboxylic acid groups (broad SMARTS) is 1. The van der Waals surface area contributed by atoms with Gasteiger partial charge >= 0.3 is 5.97 Å². The van der Waals surface area contributed by atoms with E-state index < -0.39 is 11.4 Å². The molecule has 0 spiro atoms. The van der Waals surface area contributed by atoms with E-state index in [4.69, 9.17) is 31.8 Å². The van der Waals surface area contributed by atoms with Crippen LogP contribution < -0.4 is 15.4 Å². The van der Waals surface area contributed by atoms with Crippen LogP contribution in [-0.2, 0) is 29.0 Å². The van der Waals surface area contributed by atoms with Crippen LogP contribution in [-0.4, -0.2) is 71.4 Å². The summed E-state index contributed by atoms with van der Waals surface area (Å²) in [6.07, 6.45) is 3.58. The Hall–Kier alpha value is -3.40. The van der Waals surface area contributed by atoms with Gasteiger partial charge in [0.1, 0.15) is 18.2 Å². The van der Waals surface area contributed by atoms with Gasteiger partial charge in [0.2, 0.25) is 5.95 Å². The second-order valence-corrected chi connectivity index (χ2v) is 12.9. The quantitative estimate of drug-likeness (QED) is 0.326. The number of ether oxygens (including phenoxy) is 2. The van der Waals surface area contributed by atoms with E-state index in [1.165, 1.54) is 5.56 Å². The number of hydrogen-bond donors (Lipinski definition) is 2. The summed E-state index contributed by atoms with van der Waals surface area (Å²) in [4.78, 5) is 25.6. The Balaban J connectivity index is 1.03. The van der Waals surface area contributed by atoms with E-state index in [1.54, 1.807) is 0 Å². The molecule has 3 aromatic rings. The summed E-state index contributed by atoms with van der Waals surface area (Å²) in [5.74, 6) is 1.54. The van der Waals surface area contributed by atoms with Gasteiger partial charge in [0.05, 0.1) is 23.8 Å². The van der Waals surface area contributed by atoms with Crippen molar-refractivity contribution in [2.45, 2.75) is 52.2 Å². The van der Waals surface area contributed by atoms with Crippen LogP contribution in [0.1, 0.15) is 43.4 Å². The lowest BCUT2D eigenvalue weighted by Crippen LogP contribution is -2.49. The topological polar surface area (TPSA) is 114 Å². The van der Waals surface area contributed by atoms with Gasteiger partial charge in [-0.25, -0.2) is 4.98 Å². The molecule has 1 saturated carbocycles. The van der Waals surface area contributed by atoms with Crippen molar-refractivity contribution in [2.24, 2.45) is 11.3 Å². The molecule has 3 N–H and O–H groups in total. The fraction of sp³-hybridized carbons (Fsp3) is 0.485. The van der Waals surface area contributed by atoms with Crippen molar-refractivity contribution in [3.8, 4) is 17.0 Å². The van der Waals surface area contributed by atoms with E-state index in [0.29, 0.717) is 24.2 Å². The number of rotatable bonds is 10. The lowest BCUT2D eigenvalue weighted by molar-refractivity contribution is -0.157. The molecule has 6 rings (SSSR count). The van der Waals surface area contributed by atoms with Crippen LogP contribution in [0.2, 0.25) is 5.02 Å². The van der Waals surface area contributed by atoms with Crippen LogP contribution in [0.25, 0.3) is 11.3 Å². The Morgan fingerprint density at radius 1 is 1.07 bits per heavy atom. The van der Waals surface area contributed by atoms with Crippen LogP contribution in [0.3, 0.4) is 0 Å². The van der Waals surface area contributed by atoms with Gasteiger partial charge in [-0.1, -0.05) is 23.7 Å². The summed E-state index contributed by atoms with van der Waals surface area (Å²) in [6, 6.07) is 13.9. The summed E-state index contributed by atoms with van der Waals surface area (Å²) >= 11 is 6.00. The molecular formula is C33H40ClN5O4. The maximum absolute atomic E-state index is 11.5. The van der Waals surface area contributed by atoms with Gasteiger partial charge in [0.15, 0.2) is 0 Å². The summed E-state index contributed by atoms with van der Waals surface area (Å²) in [5, 5.41) is 10.1. The number of aliphatic carboxylic acids is 1. The van der Waals surface area contributed by atoms with Crippen LogP contribution in [0.5, 0.6) is 5.75 Å². The third kappa shape index (κ3) is 6.44. The Bertz CT molecular complexity index is 1470. The minimum Gasteiger partial charge on any atom is -0.489 e. The zero-order chi connectivity index (χ0) is 30.1. The summed E-state index contributed by atoms with van der Waals surface area (Å²) in [5.41, 5.74) is 11.0. The number of nitrogen functional groups attached to an aromatic ring is 1. The van der Waals surface area contributed by atoms with Gasteiger partial charge in [-0.3, -0.25) is 9.69 Å². The minimum absolute atomic E-state index is 0.175. The normalized spacial score (nSPS) is 20.2. The van der Waals surface area contributed by atoms with Gasteiger partial charge in [-0.15, -0.1) is 0 Å². The predicted octanol–water partition coefficient (Wildman–Crippen LogP) is 5.08. The van der Waals surface area contributed by atoms with E-state index in [1.807, 2.05) is 44.2 Å². The highest BCUT2D eigenvalue weighted by Gasteiger charge is 2.45. The monoisotopic (exact) mass is 605 g/mol. The Morgan fingerprint density at radius 2 is 1.81 bits per heavy atom. The first-order valence-corrected chi connectivity index (χ1v) is 15.5. The number of carboxylic acids is 1. The largest absolute Gasteiger partial charge is 0.489 e. The molecule has 9 nitrogen and oxygen atoms in total. The number of benzene rings is 2. The van der Waals surface area contributed by atoms with Crippen LogP contribution in [0.15, 0.2) is 42.5 Å². The van der Waals surface area contributed by atoms with E-state index in [-0.39, 0.29) is 12.0 Å². The lowest BCUT2D eigenvalue weighted by Gasteiger charge is -2.43. The molecule has 0 amide bonds. The second kappa shape index (κ2) is 12.3. The number of carbonyl (C=O) groups is 1. The third-order valence-electron chi connectivity index (χ3n) is 9.40. The molecule has 2 aromatic carbocycles. The van der Waals surface area contributed by atoms with E-state index in [0.717, 1.165) is 92.4 Å². The van der Waals surface area contributed by atoms with Gasteiger partial charge in [0.25, 0.3) is 0 Å². The molecule has 2 fully saturated rings. The fourth-order valence-corrected chi connectivity index (χ4v) is 6.43. The molecule has 10 heteroatoms. The first-order chi connectivity index (χ1) is 20.7. The number of aryl methyl sites for hydroxylation is 1. The molecule has 2 aliphatic carbocycles. The minimum atomic E-state index is -0.727. The number of nitrogens with zero attached hydrogens (tertiary/aromatic N) is 4. The number of hydrogen-bond acceptors (Lipinski definition) is 8. The highest BCUT2D eigenvalue weighted by Crippen LogP contribution is 2.43. The number of piperazine rings is 1.